The van der Waals surface area contributed by atoms with E-state index >= 15 is 0 Å². The third kappa shape index (κ3) is 7.03. The Morgan fingerprint density at radius 3 is 2.50 bits per heavy atom. The summed E-state index contributed by atoms with van der Waals surface area (Å²) >= 11 is 1.63. The summed E-state index contributed by atoms with van der Waals surface area (Å²) in [7, 11) is 0. The molecule has 6 nitrogen and oxygen atoms in total. The highest BCUT2D eigenvalue weighted by Crippen LogP contribution is 2.21. The van der Waals surface area contributed by atoms with Crippen LogP contribution in [-0.4, -0.2) is 34.4 Å². The van der Waals surface area contributed by atoms with E-state index < -0.39 is 6.04 Å². The van der Waals surface area contributed by atoms with Crippen molar-refractivity contribution < 1.29 is 9.59 Å². The fraction of sp³-hybridized carbons (Fsp3) is 0.524. The maximum atomic E-state index is 12.5. The molecule has 2 rings (SSSR count). The average Bonchev–Trinajstić information content (AvgIpc) is 3.12. The number of nitrogens with zero attached hydrogens (tertiary/aromatic N) is 2. The summed E-state index contributed by atoms with van der Waals surface area (Å²) in [6, 6.07) is 3.39. The van der Waals surface area contributed by atoms with Crippen molar-refractivity contribution in [3.8, 4) is 11.3 Å². The second-order valence-electron chi connectivity index (χ2n) is 7.64. The van der Waals surface area contributed by atoms with Gasteiger partial charge in [-0.1, -0.05) is 27.7 Å². The molecule has 0 aliphatic heterocycles. The molecule has 0 radical (unpaired) electrons. The smallest absolute Gasteiger partial charge is 0.242 e. The molecule has 0 bridgehead atoms. The summed E-state index contributed by atoms with van der Waals surface area (Å²) in [5.41, 5.74) is 2.02. The number of aromatic nitrogens is 2. The summed E-state index contributed by atoms with van der Waals surface area (Å²) in [5, 5.41) is 8.90. The number of aryl methyl sites for hydroxylation is 1. The van der Waals surface area contributed by atoms with Crippen LogP contribution >= 0.6 is 11.3 Å². The van der Waals surface area contributed by atoms with Gasteiger partial charge >= 0.3 is 0 Å². The quantitative estimate of drug-likeness (QED) is 0.596. The van der Waals surface area contributed by atoms with Gasteiger partial charge in [-0.25, -0.2) is 4.98 Å². The van der Waals surface area contributed by atoms with Gasteiger partial charge in [-0.3, -0.25) is 14.6 Å². The molecule has 1 unspecified atom stereocenters. The highest BCUT2D eigenvalue weighted by atomic mass is 32.1. The highest BCUT2D eigenvalue weighted by Gasteiger charge is 2.23. The maximum Gasteiger partial charge on any atom is 0.242 e. The standard InChI is InChI=1S/C21H30N4O2S/c1-14(2)12-18(26)25-20(15(3)4)21(27)23-9-5-6-19-24-17(13-28-19)16-7-10-22-11-8-16/h7-8,10-11,13-15,20H,5-6,9,12H2,1-4H3,(H,23,27)(H,25,26). The molecule has 152 valence electrons. The van der Waals surface area contributed by atoms with Crippen LogP contribution in [-0.2, 0) is 16.0 Å². The second kappa shape index (κ2) is 10.9. The molecule has 0 aliphatic rings. The number of amides is 2. The van der Waals surface area contributed by atoms with Crippen molar-refractivity contribution in [2.24, 2.45) is 11.8 Å². The predicted octanol–water partition coefficient (Wildman–Crippen LogP) is 3.44. The van der Waals surface area contributed by atoms with E-state index in [9.17, 15) is 9.59 Å². The minimum atomic E-state index is -0.496. The molecule has 2 amide bonds. The third-order valence-corrected chi connectivity index (χ3v) is 5.16. The number of rotatable bonds is 10. The van der Waals surface area contributed by atoms with Gasteiger partial charge in [0.15, 0.2) is 0 Å². The van der Waals surface area contributed by atoms with Crippen LogP contribution in [0.4, 0.5) is 0 Å². The Labute approximate surface area is 171 Å². The van der Waals surface area contributed by atoms with Crippen molar-refractivity contribution in [3.63, 3.8) is 0 Å². The first-order valence-corrected chi connectivity index (χ1v) is 10.7. The molecule has 2 aromatic rings. The first-order valence-electron chi connectivity index (χ1n) is 9.78. The molecule has 1 atom stereocenters. The Hall–Kier alpha value is -2.28. The van der Waals surface area contributed by atoms with Gasteiger partial charge in [-0.05, 0) is 30.4 Å². The SMILES string of the molecule is CC(C)CC(=O)NC(C(=O)NCCCc1nc(-c2ccncc2)cs1)C(C)C. The molecule has 2 aromatic heterocycles. The summed E-state index contributed by atoms with van der Waals surface area (Å²) < 4.78 is 0. The van der Waals surface area contributed by atoms with E-state index in [2.05, 4.69) is 20.6 Å². The molecule has 0 saturated heterocycles. The van der Waals surface area contributed by atoms with E-state index in [1.54, 1.807) is 23.7 Å². The Balaban J connectivity index is 1.78. The van der Waals surface area contributed by atoms with Crippen molar-refractivity contribution in [1.82, 2.24) is 20.6 Å². The van der Waals surface area contributed by atoms with Crippen LogP contribution in [0.5, 0.6) is 0 Å². The van der Waals surface area contributed by atoms with E-state index in [4.69, 9.17) is 0 Å². The molecule has 0 aromatic carbocycles. The number of carbonyl (C=O) groups excluding carboxylic acids is 2. The van der Waals surface area contributed by atoms with Crippen molar-refractivity contribution >= 4 is 23.2 Å². The van der Waals surface area contributed by atoms with Gasteiger partial charge in [0.1, 0.15) is 6.04 Å². The Morgan fingerprint density at radius 1 is 1.14 bits per heavy atom. The van der Waals surface area contributed by atoms with Gasteiger partial charge in [-0.2, -0.15) is 0 Å². The van der Waals surface area contributed by atoms with Crippen molar-refractivity contribution in [3.05, 3.63) is 34.9 Å². The molecule has 2 N–H and O–H groups in total. The number of hydrogen-bond acceptors (Lipinski definition) is 5. The predicted molar refractivity (Wildman–Crippen MR) is 113 cm³/mol. The molecule has 0 fully saturated rings. The average molecular weight is 403 g/mol. The first-order chi connectivity index (χ1) is 13.4. The fourth-order valence-corrected chi connectivity index (χ4v) is 3.63. The molecule has 0 aliphatic carbocycles. The zero-order valence-corrected chi connectivity index (χ0v) is 17.9. The maximum absolute atomic E-state index is 12.5. The minimum Gasteiger partial charge on any atom is -0.354 e. The van der Waals surface area contributed by atoms with Gasteiger partial charge in [0.25, 0.3) is 0 Å². The molecular formula is C21H30N4O2S. The van der Waals surface area contributed by atoms with Crippen LogP contribution in [0.25, 0.3) is 11.3 Å². The van der Waals surface area contributed by atoms with Crippen LogP contribution in [0.2, 0.25) is 0 Å². The van der Waals surface area contributed by atoms with Crippen molar-refractivity contribution in [2.75, 3.05) is 6.54 Å². The zero-order chi connectivity index (χ0) is 20.5. The lowest BCUT2D eigenvalue weighted by atomic mass is 10.0. The van der Waals surface area contributed by atoms with Gasteiger partial charge in [0, 0.05) is 42.7 Å². The first kappa shape index (κ1) is 22.0. The summed E-state index contributed by atoms with van der Waals surface area (Å²) in [6.45, 7) is 8.42. The summed E-state index contributed by atoms with van der Waals surface area (Å²) in [4.78, 5) is 33.1. The Kier molecular flexibility index (Phi) is 8.57. The van der Waals surface area contributed by atoms with Gasteiger partial charge < -0.3 is 10.6 Å². The van der Waals surface area contributed by atoms with E-state index in [1.807, 2.05) is 45.2 Å². The number of carbonyl (C=O) groups is 2. The molecule has 2 heterocycles. The Bertz CT molecular complexity index is 759. The fourth-order valence-electron chi connectivity index (χ4n) is 2.78. The largest absolute Gasteiger partial charge is 0.354 e. The van der Waals surface area contributed by atoms with E-state index in [1.165, 1.54) is 0 Å². The van der Waals surface area contributed by atoms with Crippen LogP contribution in [0.3, 0.4) is 0 Å². The van der Waals surface area contributed by atoms with Crippen LogP contribution in [0.1, 0.15) is 45.5 Å². The van der Waals surface area contributed by atoms with Gasteiger partial charge in [0.05, 0.1) is 10.7 Å². The Morgan fingerprint density at radius 2 is 1.86 bits per heavy atom. The van der Waals surface area contributed by atoms with Crippen LogP contribution < -0.4 is 10.6 Å². The molecule has 0 spiro atoms. The van der Waals surface area contributed by atoms with Gasteiger partial charge in [-0.15, -0.1) is 11.3 Å². The molecule has 0 saturated carbocycles. The second-order valence-corrected chi connectivity index (χ2v) is 8.59. The topological polar surface area (TPSA) is 84.0 Å². The highest BCUT2D eigenvalue weighted by molar-refractivity contribution is 7.09. The van der Waals surface area contributed by atoms with Crippen molar-refractivity contribution in [1.29, 1.82) is 0 Å². The summed E-state index contributed by atoms with van der Waals surface area (Å²) in [5.74, 6) is 0.114. The lowest BCUT2D eigenvalue weighted by Gasteiger charge is -2.22. The molecular weight excluding hydrogens is 372 g/mol. The zero-order valence-electron chi connectivity index (χ0n) is 17.1. The molecule has 7 heteroatoms. The lowest BCUT2D eigenvalue weighted by molar-refractivity contribution is -0.130. The van der Waals surface area contributed by atoms with E-state index in [0.717, 1.165) is 29.1 Å². The summed E-state index contributed by atoms with van der Waals surface area (Å²) in [6.07, 6.45) is 5.56. The van der Waals surface area contributed by atoms with Crippen LogP contribution in [0, 0.1) is 11.8 Å². The van der Waals surface area contributed by atoms with Gasteiger partial charge in [0.2, 0.25) is 11.8 Å². The van der Waals surface area contributed by atoms with E-state index in [0.29, 0.717) is 13.0 Å². The van der Waals surface area contributed by atoms with E-state index in [-0.39, 0.29) is 23.7 Å². The number of hydrogen-bond donors (Lipinski definition) is 2. The minimum absolute atomic E-state index is 0.0398. The lowest BCUT2D eigenvalue weighted by Crippen LogP contribution is -2.50. The molecule has 28 heavy (non-hydrogen) atoms. The normalized spacial score (nSPS) is 12.2. The van der Waals surface area contributed by atoms with Crippen LogP contribution in [0.15, 0.2) is 29.9 Å². The number of nitrogens with one attached hydrogen (secondary N) is 2. The number of thiazole rings is 1. The third-order valence-electron chi connectivity index (χ3n) is 4.25. The monoisotopic (exact) mass is 402 g/mol. The van der Waals surface area contributed by atoms with Crippen molar-refractivity contribution in [2.45, 2.75) is 53.0 Å². The number of pyridine rings is 1.